The molecule has 0 spiro atoms. The van der Waals surface area contributed by atoms with Crippen LogP contribution in [0.1, 0.15) is 58.8 Å². The molecule has 2 aliphatic carbocycles. The van der Waals surface area contributed by atoms with Gasteiger partial charge in [-0.1, -0.05) is 26.2 Å². The molecule has 0 radical (unpaired) electrons. The van der Waals surface area contributed by atoms with E-state index in [4.69, 9.17) is 0 Å². The van der Waals surface area contributed by atoms with Crippen LogP contribution in [0.15, 0.2) is 0 Å². The summed E-state index contributed by atoms with van der Waals surface area (Å²) in [6.45, 7) is 6.01. The van der Waals surface area contributed by atoms with Gasteiger partial charge in [0.1, 0.15) is 0 Å². The Morgan fingerprint density at radius 1 is 1.13 bits per heavy atom. The maximum Gasteiger partial charge on any atom is 0.00671 e. The van der Waals surface area contributed by atoms with Crippen LogP contribution in [-0.4, -0.2) is 12.6 Å². The van der Waals surface area contributed by atoms with Crippen molar-refractivity contribution in [2.24, 2.45) is 17.8 Å². The Labute approximate surface area is 95.0 Å². The highest BCUT2D eigenvalue weighted by molar-refractivity contribution is 4.84. The molecule has 1 N–H and O–H groups in total. The first-order chi connectivity index (χ1) is 7.29. The molecule has 0 bridgehead atoms. The second-order valence-electron chi connectivity index (χ2n) is 5.84. The third-order valence-corrected chi connectivity index (χ3v) is 4.53. The molecule has 0 aliphatic heterocycles. The lowest BCUT2D eigenvalue weighted by Gasteiger charge is -2.29. The maximum atomic E-state index is 3.76. The number of hydrogen-bond acceptors (Lipinski definition) is 1. The minimum Gasteiger partial charge on any atom is -0.314 e. The molecule has 15 heavy (non-hydrogen) atoms. The summed E-state index contributed by atoms with van der Waals surface area (Å²) in [6, 6.07) is 0.784. The minimum atomic E-state index is 0.784. The summed E-state index contributed by atoms with van der Waals surface area (Å²) in [6.07, 6.45) is 10.3. The predicted molar refractivity (Wildman–Crippen MR) is 65.9 cm³/mol. The molecule has 0 aromatic rings. The van der Waals surface area contributed by atoms with E-state index in [1.807, 2.05) is 0 Å². The van der Waals surface area contributed by atoms with E-state index in [-0.39, 0.29) is 0 Å². The standard InChI is InChI=1S/C14H27N/c1-3-12-5-4-6-13(9-12)10-15-11(2)14-7-8-14/h11-15H,3-10H2,1-2H3. The lowest BCUT2D eigenvalue weighted by Crippen LogP contribution is -2.34. The lowest BCUT2D eigenvalue weighted by atomic mass is 9.80. The fraction of sp³-hybridized carbons (Fsp3) is 1.00. The van der Waals surface area contributed by atoms with E-state index in [1.165, 1.54) is 51.5 Å². The first-order valence-electron chi connectivity index (χ1n) is 7.03. The van der Waals surface area contributed by atoms with Crippen molar-refractivity contribution in [1.82, 2.24) is 5.32 Å². The van der Waals surface area contributed by atoms with Gasteiger partial charge in [0, 0.05) is 6.04 Å². The van der Waals surface area contributed by atoms with Gasteiger partial charge in [0.05, 0.1) is 0 Å². The topological polar surface area (TPSA) is 12.0 Å². The van der Waals surface area contributed by atoms with E-state index in [2.05, 4.69) is 19.2 Å². The van der Waals surface area contributed by atoms with Crippen molar-refractivity contribution in [1.29, 1.82) is 0 Å². The molecule has 2 fully saturated rings. The van der Waals surface area contributed by atoms with Crippen molar-refractivity contribution in [3.63, 3.8) is 0 Å². The van der Waals surface area contributed by atoms with E-state index in [1.54, 1.807) is 0 Å². The van der Waals surface area contributed by atoms with E-state index >= 15 is 0 Å². The van der Waals surface area contributed by atoms with Crippen LogP contribution in [0.3, 0.4) is 0 Å². The first kappa shape index (κ1) is 11.4. The highest BCUT2D eigenvalue weighted by Crippen LogP contribution is 2.33. The first-order valence-corrected chi connectivity index (χ1v) is 7.03. The molecule has 1 heteroatoms. The van der Waals surface area contributed by atoms with Crippen LogP contribution in [0.2, 0.25) is 0 Å². The van der Waals surface area contributed by atoms with Crippen molar-refractivity contribution in [2.45, 2.75) is 64.8 Å². The molecule has 3 atom stereocenters. The maximum absolute atomic E-state index is 3.76. The van der Waals surface area contributed by atoms with Crippen LogP contribution in [0.5, 0.6) is 0 Å². The van der Waals surface area contributed by atoms with Gasteiger partial charge >= 0.3 is 0 Å². The Balaban J connectivity index is 1.64. The summed E-state index contributed by atoms with van der Waals surface area (Å²) < 4.78 is 0. The van der Waals surface area contributed by atoms with E-state index in [0.29, 0.717) is 0 Å². The Morgan fingerprint density at radius 2 is 1.87 bits per heavy atom. The van der Waals surface area contributed by atoms with Gasteiger partial charge in [-0.15, -0.1) is 0 Å². The molecule has 0 aromatic carbocycles. The zero-order valence-electron chi connectivity index (χ0n) is 10.5. The van der Waals surface area contributed by atoms with Crippen LogP contribution >= 0.6 is 0 Å². The zero-order valence-corrected chi connectivity index (χ0v) is 10.5. The smallest absolute Gasteiger partial charge is 0.00671 e. The van der Waals surface area contributed by atoms with Gasteiger partial charge in [-0.3, -0.25) is 0 Å². The molecule has 2 saturated carbocycles. The van der Waals surface area contributed by atoms with E-state index in [0.717, 1.165) is 23.8 Å². The van der Waals surface area contributed by atoms with Crippen molar-refractivity contribution in [3.8, 4) is 0 Å². The summed E-state index contributed by atoms with van der Waals surface area (Å²) >= 11 is 0. The summed E-state index contributed by atoms with van der Waals surface area (Å²) in [5, 5.41) is 3.76. The molecule has 0 heterocycles. The zero-order chi connectivity index (χ0) is 10.7. The summed E-state index contributed by atoms with van der Waals surface area (Å²) in [7, 11) is 0. The highest BCUT2D eigenvalue weighted by atomic mass is 14.9. The number of hydrogen-bond donors (Lipinski definition) is 1. The monoisotopic (exact) mass is 209 g/mol. The van der Waals surface area contributed by atoms with Gasteiger partial charge in [-0.25, -0.2) is 0 Å². The molecular weight excluding hydrogens is 182 g/mol. The van der Waals surface area contributed by atoms with Crippen LogP contribution in [0.4, 0.5) is 0 Å². The average Bonchev–Trinajstić information content (AvgIpc) is 3.10. The second kappa shape index (κ2) is 5.34. The molecule has 0 amide bonds. The molecule has 3 unspecified atom stereocenters. The van der Waals surface area contributed by atoms with Crippen molar-refractivity contribution in [2.75, 3.05) is 6.54 Å². The molecule has 2 aliphatic rings. The Morgan fingerprint density at radius 3 is 2.53 bits per heavy atom. The van der Waals surface area contributed by atoms with Gasteiger partial charge in [0.15, 0.2) is 0 Å². The van der Waals surface area contributed by atoms with Gasteiger partial charge < -0.3 is 5.32 Å². The second-order valence-corrected chi connectivity index (χ2v) is 5.84. The normalized spacial score (nSPS) is 34.0. The lowest BCUT2D eigenvalue weighted by molar-refractivity contribution is 0.247. The van der Waals surface area contributed by atoms with Gasteiger partial charge in [-0.05, 0) is 56.9 Å². The molecule has 88 valence electrons. The van der Waals surface area contributed by atoms with Gasteiger partial charge in [-0.2, -0.15) is 0 Å². The van der Waals surface area contributed by atoms with Crippen molar-refractivity contribution >= 4 is 0 Å². The van der Waals surface area contributed by atoms with Crippen molar-refractivity contribution in [3.05, 3.63) is 0 Å². The SMILES string of the molecule is CCC1CCCC(CNC(C)C2CC2)C1. The van der Waals surface area contributed by atoms with E-state index in [9.17, 15) is 0 Å². The third-order valence-electron chi connectivity index (χ3n) is 4.53. The minimum absolute atomic E-state index is 0.784. The average molecular weight is 209 g/mol. The Bertz CT molecular complexity index is 186. The third kappa shape index (κ3) is 3.48. The molecular formula is C14H27N. The number of rotatable bonds is 5. The summed E-state index contributed by atoms with van der Waals surface area (Å²) in [5.74, 6) is 3.02. The Hall–Kier alpha value is -0.0400. The predicted octanol–water partition coefficient (Wildman–Crippen LogP) is 3.59. The van der Waals surface area contributed by atoms with Gasteiger partial charge in [0.25, 0.3) is 0 Å². The van der Waals surface area contributed by atoms with Crippen LogP contribution in [0.25, 0.3) is 0 Å². The van der Waals surface area contributed by atoms with E-state index < -0.39 is 0 Å². The van der Waals surface area contributed by atoms with Crippen LogP contribution in [-0.2, 0) is 0 Å². The quantitative estimate of drug-likeness (QED) is 0.729. The Kier molecular flexibility index (Phi) is 4.07. The van der Waals surface area contributed by atoms with Crippen molar-refractivity contribution < 1.29 is 0 Å². The van der Waals surface area contributed by atoms with Crippen LogP contribution < -0.4 is 5.32 Å². The molecule has 0 saturated heterocycles. The van der Waals surface area contributed by atoms with Crippen LogP contribution in [0, 0.1) is 17.8 Å². The molecule has 2 rings (SSSR count). The fourth-order valence-corrected chi connectivity index (χ4v) is 3.07. The molecule has 0 aromatic heterocycles. The van der Waals surface area contributed by atoms with Gasteiger partial charge in [0.2, 0.25) is 0 Å². The highest BCUT2D eigenvalue weighted by Gasteiger charge is 2.28. The summed E-state index contributed by atoms with van der Waals surface area (Å²) in [4.78, 5) is 0. The number of nitrogens with one attached hydrogen (secondary N) is 1. The fourth-order valence-electron chi connectivity index (χ4n) is 3.07. The summed E-state index contributed by atoms with van der Waals surface area (Å²) in [5.41, 5.74) is 0. The largest absolute Gasteiger partial charge is 0.314 e. The molecule has 1 nitrogen and oxygen atoms in total.